The van der Waals surface area contributed by atoms with Gasteiger partial charge >= 0.3 is 0 Å². The summed E-state index contributed by atoms with van der Waals surface area (Å²) in [6, 6.07) is 19.6. The minimum absolute atomic E-state index is 0.134. The molecule has 0 saturated heterocycles. The third-order valence-electron chi connectivity index (χ3n) is 6.53. The molecule has 5 aromatic rings. The average Bonchev–Trinajstić information content (AvgIpc) is 3.31. The predicted molar refractivity (Wildman–Crippen MR) is 147 cm³/mol. The normalized spacial score (nSPS) is 13.2. The maximum absolute atomic E-state index is 12.8. The number of rotatable bonds is 5. The van der Waals surface area contributed by atoms with Gasteiger partial charge in [0.25, 0.3) is 5.56 Å². The molecule has 3 aromatic heterocycles. The van der Waals surface area contributed by atoms with Crippen LogP contribution in [0.5, 0.6) is 0 Å². The molecule has 0 spiro atoms. The summed E-state index contributed by atoms with van der Waals surface area (Å²) < 4.78 is 4.24. The molecule has 0 aliphatic rings. The molecule has 0 amide bonds. The van der Waals surface area contributed by atoms with Crippen molar-refractivity contribution < 1.29 is 5.11 Å². The lowest BCUT2D eigenvalue weighted by atomic mass is 9.83. The molecular weight excluding hydrogens is 551 g/mol. The number of benzene rings is 2. The largest absolute Gasteiger partial charge is 0.374 e. The van der Waals surface area contributed by atoms with Gasteiger partial charge in [-0.15, -0.1) is 0 Å². The highest BCUT2D eigenvalue weighted by Crippen LogP contribution is 2.38. The van der Waals surface area contributed by atoms with E-state index in [0.717, 1.165) is 32.1 Å². The molecule has 0 aliphatic carbocycles. The minimum atomic E-state index is -1.49. The zero-order chi connectivity index (χ0) is 24.7. The smallest absolute Gasteiger partial charge is 0.252 e. The van der Waals surface area contributed by atoms with E-state index in [-0.39, 0.29) is 5.56 Å². The highest BCUT2D eigenvalue weighted by molar-refractivity contribution is 14.1. The molecule has 3 heterocycles. The summed E-state index contributed by atoms with van der Waals surface area (Å²) in [5, 5.41) is 13.2. The fourth-order valence-electron chi connectivity index (χ4n) is 4.58. The van der Waals surface area contributed by atoms with Gasteiger partial charge in [0.05, 0.1) is 18.2 Å². The van der Waals surface area contributed by atoms with Crippen molar-refractivity contribution in [1.29, 1.82) is 0 Å². The molecular formula is C28H25IN4O2. The van der Waals surface area contributed by atoms with Crippen molar-refractivity contribution in [2.24, 2.45) is 14.1 Å². The zero-order valence-electron chi connectivity index (χ0n) is 19.7. The monoisotopic (exact) mass is 576 g/mol. The molecule has 0 saturated carbocycles. The Morgan fingerprint density at radius 1 is 1.00 bits per heavy atom. The third kappa shape index (κ3) is 3.98. The topological polar surface area (TPSA) is 72.9 Å². The van der Waals surface area contributed by atoms with Gasteiger partial charge in [0, 0.05) is 41.7 Å². The Bertz CT molecular complexity index is 1600. The first-order chi connectivity index (χ1) is 16.8. The van der Waals surface area contributed by atoms with Crippen LogP contribution >= 0.6 is 22.6 Å². The molecule has 1 N–H and O–H groups in total. The fourth-order valence-corrected chi connectivity index (χ4v) is 5.09. The van der Waals surface area contributed by atoms with Gasteiger partial charge in [-0.3, -0.25) is 9.36 Å². The van der Waals surface area contributed by atoms with E-state index in [2.05, 4.69) is 38.6 Å². The van der Waals surface area contributed by atoms with E-state index in [4.69, 9.17) is 0 Å². The van der Waals surface area contributed by atoms with Crippen LogP contribution in [0.15, 0.2) is 84.2 Å². The quantitative estimate of drug-likeness (QED) is 0.240. The number of aromatic nitrogens is 4. The first kappa shape index (κ1) is 23.4. The van der Waals surface area contributed by atoms with E-state index in [1.54, 1.807) is 31.8 Å². The Labute approximate surface area is 217 Å². The van der Waals surface area contributed by atoms with Gasteiger partial charge in [0.2, 0.25) is 0 Å². The number of hydrogen-bond donors (Lipinski definition) is 1. The second kappa shape index (κ2) is 9.05. The first-order valence-corrected chi connectivity index (χ1v) is 12.8. The van der Waals surface area contributed by atoms with Crippen LogP contribution in [0.25, 0.3) is 22.2 Å². The summed E-state index contributed by atoms with van der Waals surface area (Å²) in [5.41, 5.74) is 4.88. The molecule has 0 aliphatic heterocycles. The van der Waals surface area contributed by atoms with Crippen LogP contribution in [-0.4, -0.2) is 24.2 Å². The van der Waals surface area contributed by atoms with Crippen LogP contribution in [0.2, 0.25) is 0 Å². The van der Waals surface area contributed by atoms with Crippen molar-refractivity contribution in [2.45, 2.75) is 17.0 Å². The number of aliphatic hydroxyl groups is 1. The highest BCUT2D eigenvalue weighted by Gasteiger charge is 2.37. The Morgan fingerprint density at radius 3 is 2.43 bits per heavy atom. The number of nitrogens with zero attached hydrogens (tertiary/aromatic N) is 4. The summed E-state index contributed by atoms with van der Waals surface area (Å²) in [6.45, 7) is 2.02. The Morgan fingerprint density at radius 2 is 1.77 bits per heavy atom. The van der Waals surface area contributed by atoms with E-state index < -0.39 is 5.60 Å². The number of imidazole rings is 1. The summed E-state index contributed by atoms with van der Waals surface area (Å²) in [4.78, 5) is 21.7. The van der Waals surface area contributed by atoms with Crippen LogP contribution < -0.4 is 5.56 Å². The summed E-state index contributed by atoms with van der Waals surface area (Å²) in [6.07, 6.45) is 5.01. The molecule has 0 unspecified atom stereocenters. The second-order valence-electron chi connectivity index (χ2n) is 8.85. The van der Waals surface area contributed by atoms with Gasteiger partial charge in [-0.2, -0.15) is 0 Å². The third-order valence-corrected chi connectivity index (χ3v) is 7.41. The van der Waals surface area contributed by atoms with Gasteiger partial charge < -0.3 is 9.67 Å². The van der Waals surface area contributed by atoms with E-state index in [9.17, 15) is 9.90 Å². The van der Waals surface area contributed by atoms with E-state index in [0.29, 0.717) is 16.9 Å². The first-order valence-electron chi connectivity index (χ1n) is 11.2. The van der Waals surface area contributed by atoms with Crippen LogP contribution in [0, 0.1) is 6.92 Å². The molecule has 0 bridgehead atoms. The van der Waals surface area contributed by atoms with Gasteiger partial charge in [-0.25, -0.2) is 9.97 Å². The summed E-state index contributed by atoms with van der Waals surface area (Å²) in [7, 11) is 3.58. The molecule has 1 atom stereocenters. The lowest BCUT2D eigenvalue weighted by Gasteiger charge is -2.30. The number of fused-ring (bicyclic) bond motifs is 1. The maximum Gasteiger partial charge on any atom is 0.252 e. The lowest BCUT2D eigenvalue weighted by molar-refractivity contribution is 0.117. The van der Waals surface area contributed by atoms with E-state index in [1.807, 2.05) is 67.1 Å². The number of halogens is 1. The maximum atomic E-state index is 12.8. The minimum Gasteiger partial charge on any atom is -0.374 e. The SMILES string of the molecule is Cc1cccc(-c2cc(=O)n(C)c3ncc([C@](O)(c4ccc(CI)cc4)c4cncn4C)cc23)c1. The van der Waals surface area contributed by atoms with Crippen LogP contribution in [0.1, 0.15) is 27.9 Å². The summed E-state index contributed by atoms with van der Waals surface area (Å²) >= 11 is 2.33. The van der Waals surface area contributed by atoms with Crippen molar-refractivity contribution in [2.75, 3.05) is 0 Å². The van der Waals surface area contributed by atoms with Gasteiger partial charge in [-0.1, -0.05) is 76.7 Å². The fraction of sp³-hybridized carbons (Fsp3) is 0.179. The van der Waals surface area contributed by atoms with E-state index >= 15 is 0 Å². The highest BCUT2D eigenvalue weighted by atomic mass is 127. The van der Waals surface area contributed by atoms with Crippen LogP contribution in [0.4, 0.5) is 0 Å². The molecule has 7 heteroatoms. The van der Waals surface area contributed by atoms with Gasteiger partial charge in [0.15, 0.2) is 5.60 Å². The Hall–Kier alpha value is -3.30. The average molecular weight is 576 g/mol. The zero-order valence-corrected chi connectivity index (χ0v) is 21.9. The molecule has 176 valence electrons. The van der Waals surface area contributed by atoms with Gasteiger partial charge in [-0.05, 0) is 35.2 Å². The Kier molecular flexibility index (Phi) is 6.06. The molecule has 6 nitrogen and oxygen atoms in total. The molecule has 35 heavy (non-hydrogen) atoms. The standard InChI is InChI=1S/C28H25IN4O2/c1-18-5-4-6-20(11-18)23-13-26(34)33(3)27-24(23)12-22(15-31-27)28(35,25-16-30-17-32(25)2)21-9-7-19(14-29)8-10-21/h4-13,15-17,35H,14H2,1-3H3/t28-/m1/s1. The molecule has 5 rings (SSSR count). The van der Waals surface area contributed by atoms with Crippen molar-refractivity contribution in [3.8, 4) is 11.1 Å². The van der Waals surface area contributed by atoms with Crippen LogP contribution in [0.3, 0.4) is 0 Å². The predicted octanol–water partition coefficient (Wildman–Crippen LogP) is 4.86. The molecule has 0 fully saturated rings. The van der Waals surface area contributed by atoms with Crippen molar-refractivity contribution in [3.05, 3.63) is 118 Å². The van der Waals surface area contributed by atoms with Crippen molar-refractivity contribution >= 4 is 33.6 Å². The number of hydrogen-bond acceptors (Lipinski definition) is 4. The van der Waals surface area contributed by atoms with Crippen molar-refractivity contribution in [1.82, 2.24) is 19.1 Å². The Balaban J connectivity index is 1.82. The number of aryl methyl sites for hydroxylation is 3. The second-order valence-corrected chi connectivity index (χ2v) is 9.61. The lowest BCUT2D eigenvalue weighted by Crippen LogP contribution is -2.31. The van der Waals surface area contributed by atoms with Crippen LogP contribution in [-0.2, 0) is 24.1 Å². The number of pyridine rings is 2. The number of alkyl halides is 1. The summed E-state index contributed by atoms with van der Waals surface area (Å²) in [5.74, 6) is 0. The van der Waals surface area contributed by atoms with Crippen molar-refractivity contribution in [3.63, 3.8) is 0 Å². The van der Waals surface area contributed by atoms with Gasteiger partial charge in [0.1, 0.15) is 5.65 Å². The molecule has 0 radical (unpaired) electrons. The van der Waals surface area contributed by atoms with E-state index in [1.165, 1.54) is 10.1 Å². The molecule has 2 aromatic carbocycles.